The van der Waals surface area contributed by atoms with Gasteiger partial charge in [-0.1, -0.05) is 61.9 Å². The second-order valence-corrected chi connectivity index (χ2v) is 5.83. The van der Waals surface area contributed by atoms with Crippen molar-refractivity contribution in [1.29, 1.82) is 0 Å². The molecule has 4 nitrogen and oxygen atoms in total. The van der Waals surface area contributed by atoms with E-state index in [1.165, 1.54) is 5.56 Å². The van der Waals surface area contributed by atoms with E-state index in [0.29, 0.717) is 0 Å². The molecule has 3 rings (SSSR count). The Morgan fingerprint density at radius 3 is 2.12 bits per heavy atom. The molecule has 0 radical (unpaired) electrons. The Kier molecular flexibility index (Phi) is 6.61. The smallest absolute Gasteiger partial charge is 0.307 e. The number of carboxylic acids is 1. The lowest BCUT2D eigenvalue weighted by atomic mass is 9.99. The van der Waals surface area contributed by atoms with Gasteiger partial charge in [-0.3, -0.25) is 4.79 Å². The summed E-state index contributed by atoms with van der Waals surface area (Å²) in [7, 11) is 0. The van der Waals surface area contributed by atoms with Gasteiger partial charge in [-0.25, -0.2) is 9.97 Å². The number of nitrogens with zero attached hydrogens (tertiary/aromatic N) is 2. The minimum absolute atomic E-state index is 0.0254. The fourth-order valence-electron chi connectivity index (χ4n) is 2.78. The number of carboxylic acid groups (broad SMARTS) is 1. The van der Waals surface area contributed by atoms with Crippen LogP contribution in [0.25, 0.3) is 22.5 Å². The first kappa shape index (κ1) is 19.3. The quantitative estimate of drug-likeness (QED) is 0.714. The monoisotopic (exact) mass is 348 g/mol. The topological polar surface area (TPSA) is 63.1 Å². The van der Waals surface area contributed by atoms with E-state index in [1.54, 1.807) is 6.33 Å². The molecule has 1 heterocycles. The van der Waals surface area contributed by atoms with Gasteiger partial charge in [-0.05, 0) is 25.5 Å². The highest BCUT2D eigenvalue weighted by Gasteiger charge is 2.11. The zero-order valence-corrected chi connectivity index (χ0v) is 15.7. The summed E-state index contributed by atoms with van der Waals surface area (Å²) in [4.78, 5) is 19.7. The molecule has 3 aromatic rings. The van der Waals surface area contributed by atoms with Crippen molar-refractivity contribution < 1.29 is 9.90 Å². The molecule has 0 atom stereocenters. The molecule has 0 amide bonds. The van der Waals surface area contributed by atoms with Gasteiger partial charge in [0.05, 0.1) is 17.8 Å². The van der Waals surface area contributed by atoms with Gasteiger partial charge in [-0.2, -0.15) is 0 Å². The van der Waals surface area contributed by atoms with Gasteiger partial charge in [0, 0.05) is 16.7 Å². The molecule has 0 aliphatic carbocycles. The molecule has 1 N–H and O–H groups in total. The summed E-state index contributed by atoms with van der Waals surface area (Å²) in [6.45, 7) is 8.07. The zero-order valence-electron chi connectivity index (χ0n) is 15.7. The Bertz CT molecular complexity index is 887. The average Bonchev–Trinajstić information content (AvgIpc) is 2.64. The number of carbonyl (C=O) groups is 1. The number of aliphatic carboxylic acids is 1. The lowest BCUT2D eigenvalue weighted by Gasteiger charge is -2.11. The van der Waals surface area contributed by atoms with Crippen LogP contribution in [0.4, 0.5) is 0 Å². The molecule has 0 bridgehead atoms. The first-order valence-corrected chi connectivity index (χ1v) is 8.74. The van der Waals surface area contributed by atoms with Crippen molar-refractivity contribution in [3.8, 4) is 22.5 Å². The highest BCUT2D eigenvalue weighted by Crippen LogP contribution is 2.28. The summed E-state index contributed by atoms with van der Waals surface area (Å²) in [5.74, 6) is -0.831. The fraction of sp³-hybridized carbons (Fsp3) is 0.227. The van der Waals surface area contributed by atoms with Crippen molar-refractivity contribution in [2.24, 2.45) is 0 Å². The van der Waals surface area contributed by atoms with Crippen molar-refractivity contribution in [2.75, 3.05) is 0 Å². The summed E-state index contributed by atoms with van der Waals surface area (Å²) < 4.78 is 0. The van der Waals surface area contributed by atoms with Gasteiger partial charge in [0.1, 0.15) is 6.33 Å². The van der Waals surface area contributed by atoms with Crippen LogP contribution in [0.2, 0.25) is 0 Å². The Hall–Kier alpha value is -3.01. The SMILES string of the molecule is CC.Cc1cccc(-c2ncnc(-c3ccc(CC(=O)O)cc3)c2C)c1. The van der Waals surface area contributed by atoms with Gasteiger partial charge < -0.3 is 5.11 Å². The molecule has 0 saturated carbocycles. The summed E-state index contributed by atoms with van der Waals surface area (Å²) in [6, 6.07) is 15.7. The first-order valence-electron chi connectivity index (χ1n) is 8.74. The minimum atomic E-state index is -0.831. The molecule has 4 heteroatoms. The molecule has 1 aromatic heterocycles. The van der Waals surface area contributed by atoms with Crippen LogP contribution in [-0.2, 0) is 11.2 Å². The van der Waals surface area contributed by atoms with Crippen LogP contribution >= 0.6 is 0 Å². The molecule has 2 aromatic carbocycles. The van der Waals surface area contributed by atoms with E-state index < -0.39 is 5.97 Å². The van der Waals surface area contributed by atoms with Crippen molar-refractivity contribution in [3.05, 3.63) is 71.5 Å². The summed E-state index contributed by atoms with van der Waals surface area (Å²) >= 11 is 0. The first-order chi connectivity index (χ1) is 12.5. The van der Waals surface area contributed by atoms with Crippen molar-refractivity contribution in [2.45, 2.75) is 34.1 Å². The highest BCUT2D eigenvalue weighted by molar-refractivity contribution is 5.74. The summed E-state index contributed by atoms with van der Waals surface area (Å²) in [6.07, 6.45) is 1.60. The summed E-state index contributed by atoms with van der Waals surface area (Å²) in [5.41, 5.74) is 6.77. The largest absolute Gasteiger partial charge is 0.481 e. The molecule has 0 saturated heterocycles. The third-order valence-electron chi connectivity index (χ3n) is 3.96. The predicted octanol–water partition coefficient (Wildman–Crippen LogP) is 5.08. The van der Waals surface area contributed by atoms with Gasteiger partial charge in [0.15, 0.2) is 0 Å². The lowest BCUT2D eigenvalue weighted by molar-refractivity contribution is -0.136. The number of aryl methyl sites for hydroxylation is 1. The molecule has 0 aliphatic heterocycles. The Labute approximate surface area is 154 Å². The standard InChI is InChI=1S/C20H18N2O2.C2H6/c1-13-4-3-5-17(10-13)20-14(2)19(21-12-22-20)16-8-6-15(7-9-16)11-18(23)24;1-2/h3-10,12H,11H2,1-2H3,(H,23,24);1-2H3. The maximum atomic E-state index is 10.8. The van der Waals surface area contributed by atoms with Crippen LogP contribution in [-0.4, -0.2) is 21.0 Å². The van der Waals surface area contributed by atoms with E-state index in [1.807, 2.05) is 57.2 Å². The number of hydrogen-bond acceptors (Lipinski definition) is 3. The molecule has 0 spiro atoms. The third-order valence-corrected chi connectivity index (χ3v) is 3.96. The Morgan fingerprint density at radius 1 is 0.923 bits per heavy atom. The molecular weight excluding hydrogens is 324 g/mol. The Balaban J connectivity index is 0.00000117. The normalized spacial score (nSPS) is 10.0. The molecule has 0 fully saturated rings. The maximum Gasteiger partial charge on any atom is 0.307 e. The van der Waals surface area contributed by atoms with Crippen molar-refractivity contribution in [3.63, 3.8) is 0 Å². The number of rotatable bonds is 4. The Morgan fingerprint density at radius 2 is 1.54 bits per heavy atom. The fourth-order valence-corrected chi connectivity index (χ4v) is 2.78. The molecule has 134 valence electrons. The van der Waals surface area contributed by atoms with Crippen LogP contribution in [0.5, 0.6) is 0 Å². The predicted molar refractivity (Wildman–Crippen MR) is 105 cm³/mol. The van der Waals surface area contributed by atoms with E-state index in [4.69, 9.17) is 5.11 Å². The second kappa shape index (κ2) is 8.90. The van der Waals surface area contributed by atoms with E-state index in [-0.39, 0.29) is 6.42 Å². The highest BCUT2D eigenvalue weighted by atomic mass is 16.4. The van der Waals surface area contributed by atoms with E-state index >= 15 is 0 Å². The van der Waals surface area contributed by atoms with Crippen LogP contribution < -0.4 is 0 Å². The average molecular weight is 348 g/mol. The van der Waals surface area contributed by atoms with E-state index in [2.05, 4.69) is 29.0 Å². The number of hydrogen-bond donors (Lipinski definition) is 1. The van der Waals surface area contributed by atoms with Crippen LogP contribution in [0.15, 0.2) is 54.9 Å². The molecule has 0 unspecified atom stereocenters. The van der Waals surface area contributed by atoms with Crippen LogP contribution in [0.3, 0.4) is 0 Å². The third kappa shape index (κ3) is 4.54. The minimum Gasteiger partial charge on any atom is -0.481 e. The second-order valence-electron chi connectivity index (χ2n) is 5.83. The van der Waals surface area contributed by atoms with Crippen LogP contribution in [0, 0.1) is 13.8 Å². The molecule has 26 heavy (non-hydrogen) atoms. The van der Waals surface area contributed by atoms with E-state index in [0.717, 1.165) is 33.6 Å². The lowest BCUT2D eigenvalue weighted by Crippen LogP contribution is -2.00. The maximum absolute atomic E-state index is 10.8. The van der Waals surface area contributed by atoms with Gasteiger partial charge in [-0.15, -0.1) is 0 Å². The molecular formula is C22H24N2O2. The van der Waals surface area contributed by atoms with Gasteiger partial charge in [0.25, 0.3) is 0 Å². The number of aromatic nitrogens is 2. The van der Waals surface area contributed by atoms with Crippen LogP contribution in [0.1, 0.15) is 30.5 Å². The van der Waals surface area contributed by atoms with Gasteiger partial charge >= 0.3 is 5.97 Å². The number of benzene rings is 2. The van der Waals surface area contributed by atoms with Crippen molar-refractivity contribution >= 4 is 5.97 Å². The van der Waals surface area contributed by atoms with Gasteiger partial charge in [0.2, 0.25) is 0 Å². The van der Waals surface area contributed by atoms with E-state index in [9.17, 15) is 4.79 Å². The summed E-state index contributed by atoms with van der Waals surface area (Å²) in [5, 5.41) is 8.86. The zero-order chi connectivity index (χ0) is 19.1. The molecule has 0 aliphatic rings. The van der Waals surface area contributed by atoms with Crippen molar-refractivity contribution in [1.82, 2.24) is 9.97 Å².